The van der Waals surface area contributed by atoms with E-state index in [1.807, 2.05) is 19.9 Å². The van der Waals surface area contributed by atoms with Crippen molar-refractivity contribution in [1.29, 1.82) is 5.26 Å². The van der Waals surface area contributed by atoms with Crippen LogP contribution >= 0.6 is 11.6 Å². The Kier molecular flexibility index (Phi) is 4.36. The number of benzene rings is 1. The summed E-state index contributed by atoms with van der Waals surface area (Å²) in [7, 11) is 0. The molecule has 90 valence electrons. The largest absolute Gasteiger partial charge is 0.480 e. The number of carboxylic acids is 1. The van der Waals surface area contributed by atoms with Crippen molar-refractivity contribution in [2.45, 2.75) is 19.9 Å². The fourth-order valence-electron chi connectivity index (χ4n) is 1.53. The maximum absolute atomic E-state index is 10.8. The van der Waals surface area contributed by atoms with Gasteiger partial charge in [-0.15, -0.1) is 0 Å². The van der Waals surface area contributed by atoms with E-state index in [0.29, 0.717) is 16.3 Å². The summed E-state index contributed by atoms with van der Waals surface area (Å²) < 4.78 is 0. The molecule has 0 saturated carbocycles. The number of hydrogen-bond acceptors (Lipinski definition) is 3. The molecule has 0 amide bonds. The molecule has 0 radical (unpaired) electrons. The van der Waals surface area contributed by atoms with Crippen molar-refractivity contribution < 1.29 is 9.90 Å². The van der Waals surface area contributed by atoms with Crippen molar-refractivity contribution >= 4 is 23.3 Å². The Morgan fingerprint density at radius 2 is 2.24 bits per heavy atom. The second-order valence-corrected chi connectivity index (χ2v) is 4.33. The number of carbonyl (C=O) groups is 1. The van der Waals surface area contributed by atoms with Crippen LogP contribution in [0.3, 0.4) is 0 Å². The van der Waals surface area contributed by atoms with E-state index >= 15 is 0 Å². The van der Waals surface area contributed by atoms with Gasteiger partial charge < -0.3 is 10.0 Å². The molecule has 1 aromatic carbocycles. The molecule has 0 aliphatic rings. The number of rotatable bonds is 4. The maximum atomic E-state index is 10.8. The smallest absolute Gasteiger partial charge is 0.323 e. The van der Waals surface area contributed by atoms with Gasteiger partial charge in [-0.2, -0.15) is 5.26 Å². The molecule has 5 heteroatoms. The Morgan fingerprint density at radius 1 is 1.59 bits per heavy atom. The summed E-state index contributed by atoms with van der Waals surface area (Å²) >= 11 is 5.88. The van der Waals surface area contributed by atoms with Gasteiger partial charge in [-0.05, 0) is 32.0 Å². The fourth-order valence-corrected chi connectivity index (χ4v) is 1.69. The monoisotopic (exact) mass is 252 g/mol. The minimum Gasteiger partial charge on any atom is -0.480 e. The van der Waals surface area contributed by atoms with Crippen molar-refractivity contribution in [3.8, 4) is 6.07 Å². The van der Waals surface area contributed by atoms with E-state index in [2.05, 4.69) is 0 Å². The highest BCUT2D eigenvalue weighted by Crippen LogP contribution is 2.25. The van der Waals surface area contributed by atoms with Crippen LogP contribution in [0.4, 0.5) is 5.69 Å². The van der Waals surface area contributed by atoms with Crippen molar-refractivity contribution in [3.63, 3.8) is 0 Å². The zero-order chi connectivity index (χ0) is 13.0. The van der Waals surface area contributed by atoms with Gasteiger partial charge in [-0.3, -0.25) is 4.79 Å². The minimum atomic E-state index is -0.942. The molecule has 1 rings (SSSR count). The number of aliphatic carboxylic acids is 1. The predicted octanol–water partition coefficient (Wildman–Crippen LogP) is 2.51. The summed E-state index contributed by atoms with van der Waals surface area (Å²) in [6.07, 6.45) is 0. The molecule has 0 aliphatic heterocycles. The number of anilines is 1. The molecule has 0 atom stereocenters. The third kappa shape index (κ3) is 3.36. The highest BCUT2D eigenvalue weighted by molar-refractivity contribution is 6.30. The van der Waals surface area contributed by atoms with Crippen LogP contribution < -0.4 is 4.90 Å². The summed E-state index contributed by atoms with van der Waals surface area (Å²) in [5, 5.41) is 18.4. The lowest BCUT2D eigenvalue weighted by atomic mass is 10.1. The Labute approximate surface area is 105 Å². The van der Waals surface area contributed by atoms with E-state index in [9.17, 15) is 4.79 Å². The van der Waals surface area contributed by atoms with Gasteiger partial charge in [0.15, 0.2) is 0 Å². The third-order valence-corrected chi connectivity index (χ3v) is 2.55. The third-order valence-electron chi connectivity index (χ3n) is 2.32. The molecule has 0 unspecified atom stereocenters. The first kappa shape index (κ1) is 13.3. The number of carboxylic acid groups (broad SMARTS) is 1. The molecule has 0 fully saturated rings. The summed E-state index contributed by atoms with van der Waals surface area (Å²) in [5.41, 5.74) is 0.974. The van der Waals surface area contributed by atoms with E-state index in [-0.39, 0.29) is 12.6 Å². The molecule has 0 spiro atoms. The molecule has 0 heterocycles. The second-order valence-electron chi connectivity index (χ2n) is 3.89. The van der Waals surface area contributed by atoms with Crippen LogP contribution in [-0.2, 0) is 4.79 Å². The predicted molar refractivity (Wildman–Crippen MR) is 66.3 cm³/mol. The van der Waals surface area contributed by atoms with Gasteiger partial charge in [0.2, 0.25) is 0 Å². The topological polar surface area (TPSA) is 64.3 Å². The lowest BCUT2D eigenvalue weighted by molar-refractivity contribution is -0.135. The molecular weight excluding hydrogens is 240 g/mol. The standard InChI is InChI=1S/C12H13ClN2O2/c1-8(2)15(7-12(16)17)11-5-10(13)4-3-9(11)6-14/h3-5,8H,7H2,1-2H3,(H,16,17). The van der Waals surface area contributed by atoms with Crippen molar-refractivity contribution in [1.82, 2.24) is 0 Å². The lowest BCUT2D eigenvalue weighted by Crippen LogP contribution is -2.36. The zero-order valence-electron chi connectivity index (χ0n) is 9.64. The van der Waals surface area contributed by atoms with Gasteiger partial charge in [0.1, 0.15) is 12.6 Å². The first-order valence-electron chi connectivity index (χ1n) is 5.13. The zero-order valence-corrected chi connectivity index (χ0v) is 10.4. The highest BCUT2D eigenvalue weighted by atomic mass is 35.5. The molecule has 17 heavy (non-hydrogen) atoms. The number of nitrogens with zero attached hydrogens (tertiary/aromatic N) is 2. The van der Waals surface area contributed by atoms with E-state index in [4.69, 9.17) is 22.0 Å². The van der Waals surface area contributed by atoms with Crippen molar-refractivity contribution in [2.75, 3.05) is 11.4 Å². The van der Waals surface area contributed by atoms with Gasteiger partial charge in [-0.25, -0.2) is 0 Å². The Morgan fingerprint density at radius 3 is 2.71 bits per heavy atom. The van der Waals surface area contributed by atoms with Crippen LogP contribution in [0.25, 0.3) is 0 Å². The number of halogens is 1. The maximum Gasteiger partial charge on any atom is 0.323 e. The van der Waals surface area contributed by atoms with Crippen molar-refractivity contribution in [2.24, 2.45) is 0 Å². The molecule has 0 bridgehead atoms. The number of hydrogen-bond donors (Lipinski definition) is 1. The summed E-state index contributed by atoms with van der Waals surface area (Å²) in [4.78, 5) is 12.4. The minimum absolute atomic E-state index is 0.0309. The van der Waals surface area contributed by atoms with Gasteiger partial charge in [0.25, 0.3) is 0 Å². The van der Waals surface area contributed by atoms with Gasteiger partial charge in [0.05, 0.1) is 11.3 Å². The van der Waals surface area contributed by atoms with E-state index < -0.39 is 5.97 Å². The molecule has 0 aliphatic carbocycles. The van der Waals surface area contributed by atoms with Crippen LogP contribution in [0.1, 0.15) is 19.4 Å². The van der Waals surface area contributed by atoms with Gasteiger partial charge >= 0.3 is 5.97 Å². The Hall–Kier alpha value is -1.73. The first-order chi connectivity index (χ1) is 7.95. The van der Waals surface area contributed by atoms with E-state index in [0.717, 1.165) is 0 Å². The van der Waals surface area contributed by atoms with Crippen LogP contribution in [0.2, 0.25) is 5.02 Å². The molecule has 1 aromatic rings. The van der Waals surface area contributed by atoms with Crippen LogP contribution in [-0.4, -0.2) is 23.7 Å². The fraction of sp³-hybridized carbons (Fsp3) is 0.333. The van der Waals surface area contributed by atoms with Gasteiger partial charge in [-0.1, -0.05) is 11.6 Å². The summed E-state index contributed by atoms with van der Waals surface area (Å²) in [6, 6.07) is 6.83. The van der Waals surface area contributed by atoms with Crippen LogP contribution in [0, 0.1) is 11.3 Å². The van der Waals surface area contributed by atoms with E-state index in [1.165, 1.54) is 0 Å². The number of nitriles is 1. The molecular formula is C12H13ClN2O2. The lowest BCUT2D eigenvalue weighted by Gasteiger charge is -2.28. The summed E-state index contributed by atoms with van der Waals surface area (Å²) in [5.74, 6) is -0.942. The van der Waals surface area contributed by atoms with Gasteiger partial charge in [0, 0.05) is 11.1 Å². The Bertz CT molecular complexity index is 466. The first-order valence-corrected chi connectivity index (χ1v) is 5.51. The van der Waals surface area contributed by atoms with Crippen LogP contribution in [0.15, 0.2) is 18.2 Å². The average Bonchev–Trinajstić information content (AvgIpc) is 2.25. The second kappa shape index (κ2) is 5.55. The average molecular weight is 253 g/mol. The Balaban J connectivity index is 3.22. The summed E-state index contributed by atoms with van der Waals surface area (Å²) in [6.45, 7) is 3.57. The molecule has 1 N–H and O–H groups in total. The van der Waals surface area contributed by atoms with Crippen molar-refractivity contribution in [3.05, 3.63) is 28.8 Å². The normalized spacial score (nSPS) is 10.1. The molecule has 0 saturated heterocycles. The molecule has 0 aromatic heterocycles. The SMILES string of the molecule is CC(C)N(CC(=O)O)c1cc(Cl)ccc1C#N. The quantitative estimate of drug-likeness (QED) is 0.894. The highest BCUT2D eigenvalue weighted by Gasteiger charge is 2.17. The molecule has 4 nitrogen and oxygen atoms in total. The van der Waals surface area contributed by atoms with E-state index in [1.54, 1.807) is 23.1 Å². The van der Waals surface area contributed by atoms with Crippen LogP contribution in [0.5, 0.6) is 0 Å².